The van der Waals surface area contributed by atoms with Gasteiger partial charge < -0.3 is 10.2 Å². The Bertz CT molecular complexity index is 1090. The number of fused-ring (bicyclic) bond motifs is 1. The van der Waals surface area contributed by atoms with E-state index in [9.17, 15) is 14.4 Å². The van der Waals surface area contributed by atoms with Crippen LogP contribution in [0.2, 0.25) is 0 Å². The third-order valence-corrected chi connectivity index (χ3v) is 4.18. The minimum Gasteiger partial charge on any atom is -0.350 e. The average molecular weight is 396 g/mol. The number of likely N-dealkylation sites (N-methyl/N-ethyl adjacent to an activating group) is 1. The molecule has 3 rings (SSSR count). The fraction of sp³-hybridized carbons (Fsp3) is 0.350. The van der Waals surface area contributed by atoms with Gasteiger partial charge in [-0.25, -0.2) is 9.67 Å². The fourth-order valence-corrected chi connectivity index (χ4v) is 2.85. The molecule has 0 radical (unpaired) electrons. The minimum atomic E-state index is -0.383. The van der Waals surface area contributed by atoms with Crippen molar-refractivity contribution < 1.29 is 9.59 Å². The zero-order chi connectivity index (χ0) is 21.2. The molecule has 0 bridgehead atoms. The second kappa shape index (κ2) is 7.86. The lowest BCUT2D eigenvalue weighted by Crippen LogP contribution is -2.47. The van der Waals surface area contributed by atoms with Crippen molar-refractivity contribution in [2.75, 3.05) is 13.6 Å². The van der Waals surface area contributed by atoms with Crippen LogP contribution in [0.5, 0.6) is 0 Å². The van der Waals surface area contributed by atoms with Gasteiger partial charge in [0.05, 0.1) is 18.4 Å². The molecule has 1 N–H and O–H groups in total. The van der Waals surface area contributed by atoms with Crippen molar-refractivity contribution in [3.05, 3.63) is 53.2 Å². The number of hydrogen-bond donors (Lipinski definition) is 1. The smallest absolute Gasteiger partial charge is 0.264 e. The Balaban J connectivity index is 1.77. The van der Waals surface area contributed by atoms with Gasteiger partial charge in [0.25, 0.3) is 5.56 Å². The van der Waals surface area contributed by atoms with Crippen LogP contribution in [0.25, 0.3) is 16.7 Å². The Morgan fingerprint density at radius 2 is 1.86 bits per heavy atom. The van der Waals surface area contributed by atoms with E-state index in [2.05, 4.69) is 15.4 Å². The zero-order valence-electron chi connectivity index (χ0n) is 16.9. The van der Waals surface area contributed by atoms with Crippen LogP contribution in [-0.4, -0.2) is 55.2 Å². The summed E-state index contributed by atoms with van der Waals surface area (Å²) >= 11 is 0. The molecule has 3 aromatic rings. The van der Waals surface area contributed by atoms with Gasteiger partial charge in [0.15, 0.2) is 5.65 Å². The van der Waals surface area contributed by atoms with Crippen LogP contribution in [0.4, 0.5) is 0 Å². The molecule has 2 amide bonds. The average Bonchev–Trinajstić information content (AvgIpc) is 3.07. The number of nitrogens with one attached hydrogen (secondary N) is 1. The van der Waals surface area contributed by atoms with Crippen LogP contribution in [-0.2, 0) is 16.1 Å². The number of nitrogens with zero attached hydrogens (tertiary/aromatic N) is 5. The molecule has 0 fully saturated rings. The molecular weight excluding hydrogens is 372 g/mol. The third kappa shape index (κ3) is 4.68. The Kier molecular flexibility index (Phi) is 5.49. The van der Waals surface area contributed by atoms with Crippen molar-refractivity contribution in [1.29, 1.82) is 0 Å². The molecule has 0 atom stereocenters. The normalized spacial score (nSPS) is 11.4. The highest BCUT2D eigenvalue weighted by atomic mass is 16.2. The molecule has 2 aromatic heterocycles. The first-order valence-electron chi connectivity index (χ1n) is 9.19. The first-order chi connectivity index (χ1) is 13.7. The van der Waals surface area contributed by atoms with Crippen LogP contribution in [0.3, 0.4) is 0 Å². The summed E-state index contributed by atoms with van der Waals surface area (Å²) in [6, 6.07) is 9.35. The molecule has 0 saturated heterocycles. The van der Waals surface area contributed by atoms with Gasteiger partial charge in [-0.3, -0.25) is 19.0 Å². The predicted octanol–water partition coefficient (Wildman–Crippen LogP) is 0.955. The second-order valence-corrected chi connectivity index (χ2v) is 7.85. The maximum atomic E-state index is 12.8. The Morgan fingerprint density at radius 1 is 1.17 bits per heavy atom. The quantitative estimate of drug-likeness (QED) is 0.692. The standard InChI is InChI=1S/C20H24N6O3/c1-20(2,3)23-16(27)11-24(4)17(28)12-25-13-21-18-15(19(25)29)10-22-26(18)14-8-6-5-7-9-14/h5-10,13H,11-12H2,1-4H3,(H,23,27). The van der Waals surface area contributed by atoms with Gasteiger partial charge in [0, 0.05) is 12.6 Å². The summed E-state index contributed by atoms with van der Waals surface area (Å²) in [5.74, 6) is -0.633. The van der Waals surface area contributed by atoms with Crippen LogP contribution in [0, 0.1) is 0 Å². The maximum Gasteiger partial charge on any atom is 0.264 e. The largest absolute Gasteiger partial charge is 0.350 e. The molecule has 29 heavy (non-hydrogen) atoms. The van der Waals surface area contributed by atoms with Crippen molar-refractivity contribution in [2.24, 2.45) is 0 Å². The Hall–Kier alpha value is -3.49. The molecule has 0 unspecified atom stereocenters. The molecule has 0 aliphatic rings. The van der Waals surface area contributed by atoms with Gasteiger partial charge in [-0.15, -0.1) is 0 Å². The number of hydrogen-bond acceptors (Lipinski definition) is 5. The molecule has 0 aliphatic carbocycles. The molecule has 0 saturated carbocycles. The lowest BCUT2D eigenvalue weighted by Gasteiger charge is -2.23. The van der Waals surface area contributed by atoms with E-state index in [0.29, 0.717) is 11.0 Å². The summed E-state index contributed by atoms with van der Waals surface area (Å²) in [4.78, 5) is 42.8. The number of amides is 2. The molecule has 9 heteroatoms. The summed E-state index contributed by atoms with van der Waals surface area (Å²) in [5, 5.41) is 7.36. The molecule has 0 spiro atoms. The van der Waals surface area contributed by atoms with Crippen LogP contribution < -0.4 is 10.9 Å². The van der Waals surface area contributed by atoms with E-state index in [0.717, 1.165) is 5.69 Å². The molecule has 9 nitrogen and oxygen atoms in total. The maximum absolute atomic E-state index is 12.8. The monoisotopic (exact) mass is 396 g/mol. The van der Waals surface area contributed by atoms with E-state index in [1.54, 1.807) is 4.68 Å². The summed E-state index contributed by atoms with van der Waals surface area (Å²) in [6.07, 6.45) is 2.77. The fourth-order valence-electron chi connectivity index (χ4n) is 2.85. The topological polar surface area (TPSA) is 102 Å². The van der Waals surface area contributed by atoms with Gasteiger partial charge in [0.1, 0.15) is 18.3 Å². The number of carbonyl (C=O) groups is 2. The highest BCUT2D eigenvalue weighted by Crippen LogP contribution is 2.13. The van der Waals surface area contributed by atoms with Crippen molar-refractivity contribution >= 4 is 22.8 Å². The van der Waals surface area contributed by atoms with E-state index >= 15 is 0 Å². The van der Waals surface area contributed by atoms with Gasteiger partial charge in [-0.2, -0.15) is 5.10 Å². The lowest BCUT2D eigenvalue weighted by atomic mass is 10.1. The summed E-state index contributed by atoms with van der Waals surface area (Å²) < 4.78 is 2.80. The van der Waals surface area contributed by atoms with E-state index in [1.165, 1.54) is 29.0 Å². The number of aromatic nitrogens is 4. The second-order valence-electron chi connectivity index (χ2n) is 7.85. The van der Waals surface area contributed by atoms with Gasteiger partial charge >= 0.3 is 0 Å². The van der Waals surface area contributed by atoms with Crippen LogP contribution >= 0.6 is 0 Å². The first kappa shape index (κ1) is 20.2. The van der Waals surface area contributed by atoms with Crippen molar-refractivity contribution in [1.82, 2.24) is 29.5 Å². The number of para-hydroxylation sites is 1. The number of rotatable bonds is 5. The number of carbonyl (C=O) groups excluding carboxylic acids is 2. The lowest BCUT2D eigenvalue weighted by molar-refractivity contribution is -0.135. The van der Waals surface area contributed by atoms with E-state index < -0.39 is 0 Å². The summed E-state index contributed by atoms with van der Waals surface area (Å²) in [6.45, 7) is 5.29. The van der Waals surface area contributed by atoms with E-state index in [-0.39, 0.29) is 36.0 Å². The summed E-state index contributed by atoms with van der Waals surface area (Å²) in [5.41, 5.74) is 0.458. The third-order valence-electron chi connectivity index (χ3n) is 4.18. The Labute approximate surface area is 168 Å². The van der Waals surface area contributed by atoms with Crippen molar-refractivity contribution in [3.8, 4) is 5.69 Å². The molecule has 0 aliphatic heterocycles. The van der Waals surface area contributed by atoms with Crippen molar-refractivity contribution in [3.63, 3.8) is 0 Å². The SMILES string of the molecule is CN(CC(=O)NC(C)(C)C)C(=O)Cn1cnc2c(cnn2-c2ccccc2)c1=O. The van der Waals surface area contributed by atoms with Gasteiger partial charge in [-0.05, 0) is 32.9 Å². The van der Waals surface area contributed by atoms with Crippen LogP contribution in [0.15, 0.2) is 47.7 Å². The van der Waals surface area contributed by atoms with Crippen LogP contribution in [0.1, 0.15) is 20.8 Å². The molecule has 1 aromatic carbocycles. The van der Waals surface area contributed by atoms with E-state index in [1.807, 2.05) is 51.1 Å². The Morgan fingerprint density at radius 3 is 2.52 bits per heavy atom. The van der Waals surface area contributed by atoms with Gasteiger partial charge in [-0.1, -0.05) is 18.2 Å². The first-order valence-corrected chi connectivity index (χ1v) is 9.19. The number of benzene rings is 1. The highest BCUT2D eigenvalue weighted by molar-refractivity contribution is 5.85. The van der Waals surface area contributed by atoms with Crippen molar-refractivity contribution in [2.45, 2.75) is 32.9 Å². The van der Waals surface area contributed by atoms with E-state index in [4.69, 9.17) is 0 Å². The molecule has 2 heterocycles. The highest BCUT2D eigenvalue weighted by Gasteiger charge is 2.19. The zero-order valence-corrected chi connectivity index (χ0v) is 16.9. The van der Waals surface area contributed by atoms with Gasteiger partial charge in [0.2, 0.25) is 11.8 Å². The minimum absolute atomic E-state index is 0.0908. The summed E-state index contributed by atoms with van der Waals surface area (Å²) in [7, 11) is 1.52. The predicted molar refractivity (Wildman–Crippen MR) is 109 cm³/mol. The molecule has 152 valence electrons. The molecular formula is C20H24N6O3.